The van der Waals surface area contributed by atoms with E-state index < -0.39 is 6.85 Å². The third-order valence-electron chi connectivity index (χ3n) is 17.1. The minimum absolute atomic E-state index is 0.0223. The molecule has 3 aromatic heterocycles. The SMILES string of the molecule is CC(C)(C)c1ccc(N2c3cc4c(oc5ccccc54)c4c3B(c3oc5ccc(-c6ccccc6)cc5c32)N(c2ccc(-c3ccccc3)cc2)c2cc3oc5cc6c(cc5c3cc2-4)C(C)(C)CCC6(C)C)cc1. The molecule has 1 aliphatic carbocycles. The minimum Gasteiger partial charge on any atom is -0.466 e. The van der Waals surface area contributed by atoms with Gasteiger partial charge >= 0.3 is 6.85 Å². The van der Waals surface area contributed by atoms with Gasteiger partial charge in [0.25, 0.3) is 0 Å². The van der Waals surface area contributed by atoms with Gasteiger partial charge in [0, 0.05) is 66.9 Å². The molecule has 0 amide bonds. The molecule has 0 unspecified atom stereocenters. The molecular weight excluding hydrogens is 904 g/mol. The molecule has 358 valence electrons. The molecule has 0 atom stereocenters. The highest BCUT2D eigenvalue weighted by Gasteiger charge is 2.50. The Morgan fingerprint density at radius 2 is 1.05 bits per heavy atom. The van der Waals surface area contributed by atoms with Crippen LogP contribution in [0.4, 0.5) is 28.4 Å². The molecule has 0 bridgehead atoms. The van der Waals surface area contributed by atoms with Gasteiger partial charge in [-0.15, -0.1) is 0 Å². The van der Waals surface area contributed by atoms with E-state index in [1.165, 1.54) is 22.3 Å². The Kier molecular flexibility index (Phi) is 8.90. The molecule has 2 aliphatic heterocycles. The van der Waals surface area contributed by atoms with Gasteiger partial charge < -0.3 is 23.0 Å². The van der Waals surface area contributed by atoms with Gasteiger partial charge in [0.15, 0.2) is 0 Å². The molecule has 0 fully saturated rings. The van der Waals surface area contributed by atoms with Crippen LogP contribution in [0.3, 0.4) is 0 Å². The van der Waals surface area contributed by atoms with Gasteiger partial charge in [-0.05, 0) is 140 Å². The molecule has 9 aromatic carbocycles. The summed E-state index contributed by atoms with van der Waals surface area (Å²) >= 11 is 0. The lowest BCUT2D eigenvalue weighted by molar-refractivity contribution is 0.332. The molecule has 5 nitrogen and oxygen atoms in total. The number of nitrogens with zero attached hydrogens (tertiary/aromatic N) is 2. The van der Waals surface area contributed by atoms with Crippen molar-refractivity contribution in [1.29, 1.82) is 0 Å². The van der Waals surface area contributed by atoms with E-state index in [-0.39, 0.29) is 16.2 Å². The highest BCUT2D eigenvalue weighted by molar-refractivity contribution is 6.93. The smallest absolute Gasteiger partial charge is 0.376 e. The van der Waals surface area contributed by atoms with Crippen molar-refractivity contribution in [2.75, 3.05) is 9.71 Å². The van der Waals surface area contributed by atoms with Crippen LogP contribution in [0, 0.1) is 0 Å². The van der Waals surface area contributed by atoms with Gasteiger partial charge in [-0.3, -0.25) is 0 Å². The molecular formula is C68H55BN2O3. The van der Waals surface area contributed by atoms with Crippen molar-refractivity contribution in [3.63, 3.8) is 0 Å². The second-order valence-corrected chi connectivity index (χ2v) is 23.5. The van der Waals surface area contributed by atoms with Crippen LogP contribution in [0.15, 0.2) is 195 Å². The van der Waals surface area contributed by atoms with Crippen molar-refractivity contribution in [1.82, 2.24) is 0 Å². The van der Waals surface area contributed by atoms with Crippen molar-refractivity contribution in [3.05, 3.63) is 199 Å². The fraction of sp³-hybridized carbons (Fsp3) is 0.176. The first kappa shape index (κ1) is 43.4. The van der Waals surface area contributed by atoms with Crippen molar-refractivity contribution < 1.29 is 13.3 Å². The van der Waals surface area contributed by atoms with Crippen LogP contribution >= 0.6 is 0 Å². The molecule has 0 spiro atoms. The maximum absolute atomic E-state index is 7.49. The summed E-state index contributed by atoms with van der Waals surface area (Å²) in [7, 11) is 0. The Morgan fingerprint density at radius 3 is 1.77 bits per heavy atom. The summed E-state index contributed by atoms with van der Waals surface area (Å²) in [6.07, 6.45) is 2.27. The molecule has 15 rings (SSSR count). The van der Waals surface area contributed by atoms with Crippen molar-refractivity contribution in [2.45, 2.75) is 77.6 Å². The summed E-state index contributed by atoms with van der Waals surface area (Å²) in [4.78, 5) is 5.01. The first-order valence-electron chi connectivity index (χ1n) is 26.3. The highest BCUT2D eigenvalue weighted by Crippen LogP contribution is 2.55. The molecule has 74 heavy (non-hydrogen) atoms. The highest BCUT2D eigenvalue weighted by atomic mass is 16.3. The Labute approximate surface area is 431 Å². The van der Waals surface area contributed by atoms with E-state index >= 15 is 0 Å². The molecule has 3 aliphatic rings. The van der Waals surface area contributed by atoms with Gasteiger partial charge in [-0.2, -0.15) is 0 Å². The third kappa shape index (κ3) is 6.24. The van der Waals surface area contributed by atoms with Crippen LogP contribution in [0.1, 0.15) is 78.0 Å². The van der Waals surface area contributed by atoms with Crippen LogP contribution < -0.4 is 20.8 Å². The van der Waals surface area contributed by atoms with Gasteiger partial charge in [-0.1, -0.05) is 158 Å². The van der Waals surface area contributed by atoms with E-state index in [0.29, 0.717) is 0 Å². The molecule has 0 N–H and O–H groups in total. The summed E-state index contributed by atoms with van der Waals surface area (Å²) in [5.74, 6) is 0. The average Bonchev–Trinajstić information content (AvgIpc) is 4.11. The first-order chi connectivity index (χ1) is 35.8. The van der Waals surface area contributed by atoms with Crippen molar-refractivity contribution >= 4 is 101 Å². The van der Waals surface area contributed by atoms with E-state index in [4.69, 9.17) is 13.3 Å². The van der Waals surface area contributed by atoms with E-state index in [2.05, 4.69) is 240 Å². The zero-order valence-electron chi connectivity index (χ0n) is 42.9. The lowest BCUT2D eigenvalue weighted by atomic mass is 9.45. The molecule has 6 heteroatoms. The predicted molar refractivity (Wildman–Crippen MR) is 309 cm³/mol. The monoisotopic (exact) mass is 958 g/mol. The zero-order valence-corrected chi connectivity index (χ0v) is 42.9. The Bertz CT molecular complexity index is 4280. The lowest BCUT2D eigenvalue weighted by Gasteiger charge is -2.43. The fourth-order valence-electron chi connectivity index (χ4n) is 12.9. The van der Waals surface area contributed by atoms with Crippen LogP contribution in [0.2, 0.25) is 0 Å². The number of hydrogen-bond donors (Lipinski definition) is 0. The molecule has 0 radical (unpaired) electrons. The number of benzene rings is 9. The number of rotatable bonds is 4. The number of fused-ring (bicyclic) bond motifs is 14. The summed E-state index contributed by atoms with van der Waals surface area (Å²) in [6.45, 7) is 16.0. The third-order valence-corrected chi connectivity index (χ3v) is 17.1. The minimum atomic E-state index is -0.406. The predicted octanol–water partition coefficient (Wildman–Crippen LogP) is 17.9. The van der Waals surface area contributed by atoms with Crippen LogP contribution in [0.25, 0.3) is 88.2 Å². The summed E-state index contributed by atoms with van der Waals surface area (Å²) < 4.78 is 21.8. The van der Waals surface area contributed by atoms with Crippen molar-refractivity contribution in [2.24, 2.45) is 0 Å². The molecule has 12 aromatic rings. The van der Waals surface area contributed by atoms with Crippen molar-refractivity contribution in [3.8, 4) is 33.4 Å². The number of para-hydroxylation sites is 1. The lowest BCUT2D eigenvalue weighted by Crippen LogP contribution is -2.61. The normalized spacial score (nSPS) is 15.5. The van der Waals surface area contributed by atoms with Gasteiger partial charge in [-0.25, -0.2) is 0 Å². The topological polar surface area (TPSA) is 45.9 Å². The average molecular weight is 959 g/mol. The maximum Gasteiger partial charge on any atom is 0.376 e. The largest absolute Gasteiger partial charge is 0.466 e. The zero-order chi connectivity index (χ0) is 50.0. The van der Waals surface area contributed by atoms with E-state index in [1.807, 2.05) is 0 Å². The summed E-state index contributed by atoms with van der Waals surface area (Å²) in [5, 5.41) is 5.46. The second-order valence-electron chi connectivity index (χ2n) is 23.5. The fourth-order valence-corrected chi connectivity index (χ4v) is 12.9. The Balaban J connectivity index is 1.09. The Morgan fingerprint density at radius 1 is 0.459 bits per heavy atom. The molecule has 0 saturated carbocycles. The van der Waals surface area contributed by atoms with Crippen LogP contribution in [-0.2, 0) is 16.2 Å². The van der Waals surface area contributed by atoms with Gasteiger partial charge in [0.05, 0.1) is 5.69 Å². The second kappa shape index (κ2) is 15.2. The maximum atomic E-state index is 7.49. The Hall–Kier alpha value is -8.22. The van der Waals surface area contributed by atoms with E-state index in [0.717, 1.165) is 135 Å². The summed E-state index contributed by atoms with van der Waals surface area (Å²) in [5.41, 5.74) is 22.6. The number of hydrogen-bond acceptors (Lipinski definition) is 5. The molecule has 0 saturated heterocycles. The first-order valence-corrected chi connectivity index (χ1v) is 26.3. The van der Waals surface area contributed by atoms with Gasteiger partial charge in [0.2, 0.25) is 0 Å². The number of anilines is 5. The standard InChI is InChI=1S/C68H55BN2O3/c1-66(2,3)44-25-29-45(30-26-44)70-56-37-50-47-20-14-15-21-57(47)73-64(50)61-51-35-48-49-36-53-54(68(6,7)33-32-67(53,4)5)38-59(49)72-60(48)39-55(51)71(46-27-22-42(23-28-46)40-16-10-8-11-17-40)69(62(56)61)65-63(70)52-34-43(24-31-58(52)74-65)41-18-12-9-13-19-41/h8-31,34-39H,32-33H2,1-7H3. The molecule has 5 heterocycles. The quantitative estimate of drug-likeness (QED) is 0.165. The van der Waals surface area contributed by atoms with Crippen LogP contribution in [0.5, 0.6) is 0 Å². The van der Waals surface area contributed by atoms with Gasteiger partial charge in [0.1, 0.15) is 33.6 Å². The van der Waals surface area contributed by atoms with E-state index in [9.17, 15) is 0 Å². The van der Waals surface area contributed by atoms with E-state index in [1.54, 1.807) is 0 Å². The number of furan rings is 3. The van der Waals surface area contributed by atoms with Crippen LogP contribution in [-0.4, -0.2) is 6.85 Å². The summed E-state index contributed by atoms with van der Waals surface area (Å²) in [6, 6.07) is 66.8.